The number of benzene rings is 2. The van der Waals surface area contributed by atoms with Crippen LogP contribution in [0.4, 0.5) is 5.69 Å². The molecule has 0 bridgehead atoms. The standard InChI is InChI=1S/C25H19Cl2N3O2S/c1-2-13-30-24(31)23(33-25(30)29-21-11-12-28-15-20(21)27)14-17-7-4-6-10-22(17)32-16-18-8-3-5-9-19(18)26/h2-12,14-15H,1,13,16H2/b23-14-,29-25?. The molecular weight excluding hydrogens is 477 g/mol. The number of carbonyl (C=O) groups excluding carboxylic acids is 1. The van der Waals surface area contributed by atoms with E-state index in [0.717, 1.165) is 11.1 Å². The maximum atomic E-state index is 13.1. The second-order valence-corrected chi connectivity index (χ2v) is 8.78. The van der Waals surface area contributed by atoms with Crippen LogP contribution in [0.2, 0.25) is 10.0 Å². The molecule has 1 amide bonds. The van der Waals surface area contributed by atoms with Gasteiger partial charge in [0.1, 0.15) is 12.4 Å². The molecule has 0 radical (unpaired) electrons. The van der Waals surface area contributed by atoms with Crippen LogP contribution in [-0.4, -0.2) is 27.5 Å². The Morgan fingerprint density at radius 3 is 2.67 bits per heavy atom. The molecule has 0 aliphatic carbocycles. The van der Waals surface area contributed by atoms with E-state index in [1.54, 1.807) is 23.2 Å². The van der Waals surface area contributed by atoms with Crippen molar-refractivity contribution in [3.8, 4) is 5.75 Å². The van der Waals surface area contributed by atoms with Crippen molar-refractivity contribution in [2.24, 2.45) is 4.99 Å². The third kappa shape index (κ3) is 5.47. The molecule has 0 N–H and O–H groups in total. The molecule has 1 saturated heterocycles. The van der Waals surface area contributed by atoms with Gasteiger partial charge in [0.15, 0.2) is 5.17 Å². The van der Waals surface area contributed by atoms with Gasteiger partial charge in [-0.3, -0.25) is 14.7 Å². The van der Waals surface area contributed by atoms with E-state index in [0.29, 0.717) is 44.7 Å². The minimum Gasteiger partial charge on any atom is -0.488 e. The zero-order valence-electron chi connectivity index (χ0n) is 17.4. The van der Waals surface area contributed by atoms with Crippen molar-refractivity contribution in [1.29, 1.82) is 0 Å². The Balaban J connectivity index is 1.62. The number of nitrogens with zero attached hydrogens (tertiary/aromatic N) is 3. The summed E-state index contributed by atoms with van der Waals surface area (Å²) in [7, 11) is 0. The summed E-state index contributed by atoms with van der Waals surface area (Å²) in [5.41, 5.74) is 2.21. The molecule has 0 saturated carbocycles. The Kier molecular flexibility index (Phi) is 7.50. The van der Waals surface area contributed by atoms with Gasteiger partial charge in [-0.15, -0.1) is 6.58 Å². The monoisotopic (exact) mass is 495 g/mol. The van der Waals surface area contributed by atoms with E-state index >= 15 is 0 Å². The fraction of sp³-hybridized carbons (Fsp3) is 0.0800. The molecule has 1 aliphatic rings. The Morgan fingerprint density at radius 2 is 1.88 bits per heavy atom. The first-order valence-corrected chi connectivity index (χ1v) is 11.6. The van der Waals surface area contributed by atoms with Crippen LogP contribution in [0.1, 0.15) is 11.1 Å². The van der Waals surface area contributed by atoms with Crippen LogP contribution in [0.3, 0.4) is 0 Å². The molecule has 2 heterocycles. The summed E-state index contributed by atoms with van der Waals surface area (Å²) in [6.45, 7) is 4.40. The van der Waals surface area contributed by atoms with Crippen LogP contribution in [0.15, 0.2) is 89.5 Å². The summed E-state index contributed by atoms with van der Waals surface area (Å²) >= 11 is 13.7. The third-order valence-corrected chi connectivity index (χ3v) is 6.38. The lowest BCUT2D eigenvalue weighted by molar-refractivity contribution is -0.121. The number of hydrogen-bond donors (Lipinski definition) is 0. The van der Waals surface area contributed by atoms with Crippen molar-refractivity contribution < 1.29 is 9.53 Å². The number of amidine groups is 1. The second kappa shape index (κ2) is 10.7. The van der Waals surface area contributed by atoms with Crippen molar-refractivity contribution in [3.05, 3.63) is 106 Å². The molecule has 5 nitrogen and oxygen atoms in total. The average Bonchev–Trinajstić information content (AvgIpc) is 3.10. The summed E-state index contributed by atoms with van der Waals surface area (Å²) in [5.74, 6) is 0.487. The smallest absolute Gasteiger partial charge is 0.267 e. The highest BCUT2D eigenvalue weighted by molar-refractivity contribution is 8.18. The fourth-order valence-corrected chi connectivity index (χ4v) is 4.43. The molecule has 4 rings (SSSR count). The van der Waals surface area contributed by atoms with Gasteiger partial charge in [0, 0.05) is 35.1 Å². The first-order valence-electron chi connectivity index (χ1n) is 10.0. The highest BCUT2D eigenvalue weighted by Gasteiger charge is 2.33. The van der Waals surface area contributed by atoms with Crippen molar-refractivity contribution >= 4 is 57.8 Å². The minimum absolute atomic E-state index is 0.162. The Bertz CT molecular complexity index is 1260. The number of halogens is 2. The van der Waals surface area contributed by atoms with Gasteiger partial charge >= 0.3 is 0 Å². The molecule has 33 heavy (non-hydrogen) atoms. The number of rotatable bonds is 7. The molecule has 1 fully saturated rings. The number of ether oxygens (including phenoxy) is 1. The summed E-state index contributed by atoms with van der Waals surface area (Å²) in [5, 5.41) is 1.58. The molecule has 2 aromatic carbocycles. The lowest BCUT2D eigenvalue weighted by Crippen LogP contribution is -2.29. The van der Waals surface area contributed by atoms with E-state index in [4.69, 9.17) is 27.9 Å². The Hall–Kier alpha value is -3.06. The van der Waals surface area contributed by atoms with E-state index in [1.807, 2.05) is 54.6 Å². The third-order valence-electron chi connectivity index (χ3n) is 4.71. The number of amides is 1. The first kappa shape index (κ1) is 23.1. The summed E-state index contributed by atoms with van der Waals surface area (Å²) < 4.78 is 6.03. The fourth-order valence-electron chi connectivity index (χ4n) is 3.09. The van der Waals surface area contributed by atoms with E-state index in [1.165, 1.54) is 18.0 Å². The largest absolute Gasteiger partial charge is 0.488 e. The zero-order chi connectivity index (χ0) is 23.2. The van der Waals surface area contributed by atoms with Crippen LogP contribution >= 0.6 is 35.0 Å². The van der Waals surface area contributed by atoms with Crippen LogP contribution in [0.5, 0.6) is 5.75 Å². The first-order chi connectivity index (χ1) is 16.1. The molecule has 0 atom stereocenters. The van der Waals surface area contributed by atoms with Crippen LogP contribution in [0.25, 0.3) is 6.08 Å². The van der Waals surface area contributed by atoms with E-state index in [-0.39, 0.29) is 5.91 Å². The summed E-state index contributed by atoms with van der Waals surface area (Å²) in [6.07, 6.45) is 6.59. The van der Waals surface area contributed by atoms with Crippen LogP contribution in [0, 0.1) is 0 Å². The number of thioether (sulfide) groups is 1. The molecule has 0 spiro atoms. The predicted molar refractivity (Wildman–Crippen MR) is 136 cm³/mol. The lowest BCUT2D eigenvalue weighted by Gasteiger charge is -2.13. The van der Waals surface area contributed by atoms with E-state index < -0.39 is 0 Å². The summed E-state index contributed by atoms with van der Waals surface area (Å²) in [6, 6.07) is 16.8. The molecule has 1 aromatic heterocycles. The van der Waals surface area contributed by atoms with Gasteiger partial charge in [0.05, 0.1) is 15.6 Å². The molecule has 0 unspecified atom stereocenters. The molecule has 1 aliphatic heterocycles. The number of aliphatic imine (C=N–C) groups is 1. The SMILES string of the molecule is C=CCN1C(=O)/C(=C/c2ccccc2OCc2ccccc2Cl)SC1=Nc1ccncc1Cl. The number of aromatic nitrogens is 1. The van der Waals surface area contributed by atoms with Crippen molar-refractivity contribution in [1.82, 2.24) is 9.88 Å². The molecule has 3 aromatic rings. The van der Waals surface area contributed by atoms with Crippen molar-refractivity contribution in [2.45, 2.75) is 6.61 Å². The molecule has 166 valence electrons. The van der Waals surface area contributed by atoms with Crippen LogP contribution in [-0.2, 0) is 11.4 Å². The maximum absolute atomic E-state index is 13.1. The zero-order valence-corrected chi connectivity index (χ0v) is 19.8. The highest BCUT2D eigenvalue weighted by Crippen LogP contribution is 2.36. The van der Waals surface area contributed by atoms with Crippen molar-refractivity contribution in [2.75, 3.05) is 6.54 Å². The molecule has 8 heteroatoms. The van der Waals surface area contributed by atoms with Gasteiger partial charge in [0.2, 0.25) is 0 Å². The van der Waals surface area contributed by atoms with Gasteiger partial charge < -0.3 is 4.74 Å². The lowest BCUT2D eigenvalue weighted by atomic mass is 10.1. The summed E-state index contributed by atoms with van der Waals surface area (Å²) in [4.78, 5) is 23.8. The highest BCUT2D eigenvalue weighted by atomic mass is 35.5. The van der Waals surface area contributed by atoms with Crippen LogP contribution < -0.4 is 4.74 Å². The minimum atomic E-state index is -0.162. The molecular formula is C25H19Cl2N3O2S. The van der Waals surface area contributed by atoms with Gasteiger partial charge in [0.25, 0.3) is 5.91 Å². The van der Waals surface area contributed by atoms with Gasteiger partial charge in [-0.05, 0) is 36.0 Å². The van der Waals surface area contributed by atoms with E-state index in [9.17, 15) is 4.79 Å². The number of hydrogen-bond acceptors (Lipinski definition) is 5. The number of para-hydroxylation sites is 1. The second-order valence-electron chi connectivity index (χ2n) is 6.95. The Morgan fingerprint density at radius 1 is 1.09 bits per heavy atom. The van der Waals surface area contributed by atoms with Gasteiger partial charge in [-0.2, -0.15) is 0 Å². The Labute approximate surface area is 206 Å². The van der Waals surface area contributed by atoms with Crippen molar-refractivity contribution in [3.63, 3.8) is 0 Å². The topological polar surface area (TPSA) is 54.8 Å². The quantitative estimate of drug-likeness (QED) is 0.268. The number of pyridine rings is 1. The maximum Gasteiger partial charge on any atom is 0.267 e. The number of carbonyl (C=O) groups is 1. The average molecular weight is 496 g/mol. The van der Waals surface area contributed by atoms with E-state index in [2.05, 4.69) is 16.6 Å². The van der Waals surface area contributed by atoms with Gasteiger partial charge in [-0.1, -0.05) is 65.7 Å². The normalized spacial score (nSPS) is 15.9. The van der Waals surface area contributed by atoms with Gasteiger partial charge in [-0.25, -0.2) is 4.99 Å². The predicted octanol–water partition coefficient (Wildman–Crippen LogP) is 6.76.